The quantitative estimate of drug-likeness (QED) is 0.744. The van der Waals surface area contributed by atoms with Crippen LogP contribution in [-0.4, -0.2) is 37.1 Å². The maximum Gasteiger partial charge on any atom is 0.335 e. The van der Waals surface area contributed by atoms with Crippen molar-refractivity contribution in [1.82, 2.24) is 25.5 Å². The van der Waals surface area contributed by atoms with Crippen LogP contribution in [-0.2, 0) is 6.54 Å². The maximum absolute atomic E-state index is 11.9. The van der Waals surface area contributed by atoms with Crippen LogP contribution in [0.2, 0.25) is 0 Å². The summed E-state index contributed by atoms with van der Waals surface area (Å²) in [4.78, 5) is 30.9. The van der Waals surface area contributed by atoms with Gasteiger partial charge in [-0.05, 0) is 25.0 Å². The largest absolute Gasteiger partial charge is 0.478 e. The van der Waals surface area contributed by atoms with Crippen LogP contribution < -0.4 is 5.32 Å². The fourth-order valence-electron chi connectivity index (χ4n) is 1.87. The predicted molar refractivity (Wildman–Crippen MR) is 70.7 cm³/mol. The van der Waals surface area contributed by atoms with E-state index >= 15 is 0 Å². The highest BCUT2D eigenvalue weighted by molar-refractivity contribution is 5.90. The topological polar surface area (TPSA) is 121 Å². The Bertz CT molecular complexity index is 693. The molecule has 0 atom stereocenters. The van der Waals surface area contributed by atoms with Gasteiger partial charge in [0.15, 0.2) is 0 Å². The van der Waals surface area contributed by atoms with E-state index in [4.69, 9.17) is 5.11 Å². The van der Waals surface area contributed by atoms with Gasteiger partial charge >= 0.3 is 5.97 Å². The summed E-state index contributed by atoms with van der Waals surface area (Å²) in [5, 5.41) is 18.1. The first-order valence-corrected chi connectivity index (χ1v) is 6.52. The van der Waals surface area contributed by atoms with E-state index in [-0.39, 0.29) is 17.9 Å². The van der Waals surface area contributed by atoms with Gasteiger partial charge in [0.1, 0.15) is 5.82 Å². The van der Waals surface area contributed by atoms with Gasteiger partial charge in [0.25, 0.3) is 5.91 Å². The number of carboxylic acid groups (broad SMARTS) is 1. The van der Waals surface area contributed by atoms with E-state index in [0.717, 1.165) is 18.7 Å². The molecule has 0 bridgehead atoms. The second-order valence-corrected chi connectivity index (χ2v) is 4.84. The third-order valence-electron chi connectivity index (χ3n) is 3.16. The number of nitrogens with zero attached hydrogens (tertiary/aromatic N) is 3. The monoisotopic (exact) mass is 287 g/mol. The van der Waals surface area contributed by atoms with Gasteiger partial charge in [-0.3, -0.25) is 14.9 Å². The van der Waals surface area contributed by atoms with E-state index in [2.05, 4.69) is 25.5 Å². The molecular formula is C13H13N5O3. The molecule has 0 aliphatic heterocycles. The van der Waals surface area contributed by atoms with Crippen LogP contribution in [0.4, 0.5) is 0 Å². The summed E-state index contributed by atoms with van der Waals surface area (Å²) in [7, 11) is 0. The Morgan fingerprint density at radius 1 is 1.43 bits per heavy atom. The fraction of sp³-hybridized carbons (Fsp3) is 0.308. The normalized spacial score (nSPS) is 13.9. The number of hydrogen-bond acceptors (Lipinski definition) is 5. The molecular weight excluding hydrogens is 274 g/mol. The number of carboxylic acids is 1. The first kappa shape index (κ1) is 13.2. The minimum absolute atomic E-state index is 0.0892. The van der Waals surface area contributed by atoms with Crippen molar-refractivity contribution in [2.24, 2.45) is 0 Å². The van der Waals surface area contributed by atoms with Crippen molar-refractivity contribution in [2.75, 3.05) is 0 Å². The Morgan fingerprint density at radius 3 is 2.95 bits per heavy atom. The third kappa shape index (κ3) is 3.04. The number of nitrogens with one attached hydrogen (secondary N) is 2. The molecule has 2 heterocycles. The minimum Gasteiger partial charge on any atom is -0.478 e. The molecule has 0 radical (unpaired) electrons. The summed E-state index contributed by atoms with van der Waals surface area (Å²) in [5.41, 5.74) is 0.587. The average molecular weight is 287 g/mol. The molecule has 0 spiro atoms. The highest BCUT2D eigenvalue weighted by Crippen LogP contribution is 2.37. The molecule has 3 N–H and O–H groups in total. The lowest BCUT2D eigenvalue weighted by atomic mass is 10.2. The molecule has 0 aromatic carbocycles. The Morgan fingerprint density at radius 2 is 2.24 bits per heavy atom. The summed E-state index contributed by atoms with van der Waals surface area (Å²) >= 11 is 0. The Balaban J connectivity index is 1.62. The standard InChI is InChI=1S/C13H13N5O3/c19-12(11-16-10(17-18-11)7-1-2-7)15-6-9-5-8(13(20)21)3-4-14-9/h3-5,7H,1-2,6H2,(H,15,19)(H,20,21)(H,16,17,18). The maximum atomic E-state index is 11.9. The average Bonchev–Trinajstić information content (AvgIpc) is 3.22. The van der Waals surface area contributed by atoms with Crippen LogP contribution in [0.15, 0.2) is 18.3 Å². The molecule has 8 heteroatoms. The van der Waals surface area contributed by atoms with Crippen molar-refractivity contribution in [3.05, 3.63) is 41.2 Å². The van der Waals surface area contributed by atoms with Crippen molar-refractivity contribution >= 4 is 11.9 Å². The van der Waals surface area contributed by atoms with E-state index in [1.54, 1.807) is 0 Å². The molecule has 2 aromatic rings. The number of aromatic carboxylic acids is 1. The zero-order chi connectivity index (χ0) is 14.8. The second kappa shape index (κ2) is 5.31. The van der Waals surface area contributed by atoms with Gasteiger partial charge in [-0.15, -0.1) is 5.10 Å². The van der Waals surface area contributed by atoms with Crippen LogP contribution in [0, 0.1) is 0 Å². The number of amides is 1. The lowest BCUT2D eigenvalue weighted by molar-refractivity contribution is 0.0696. The van der Waals surface area contributed by atoms with Crippen molar-refractivity contribution in [1.29, 1.82) is 0 Å². The Labute approximate surface area is 119 Å². The van der Waals surface area contributed by atoms with E-state index in [9.17, 15) is 9.59 Å². The summed E-state index contributed by atoms with van der Waals surface area (Å²) in [6.45, 7) is 0.118. The molecule has 8 nitrogen and oxygen atoms in total. The molecule has 0 unspecified atom stereocenters. The predicted octanol–water partition coefficient (Wildman–Crippen LogP) is 0.705. The van der Waals surface area contributed by atoms with Crippen LogP contribution in [0.3, 0.4) is 0 Å². The van der Waals surface area contributed by atoms with Gasteiger partial charge in [0, 0.05) is 12.1 Å². The molecule has 21 heavy (non-hydrogen) atoms. The number of aromatic nitrogens is 4. The SMILES string of the molecule is O=C(O)c1ccnc(CNC(=O)c2n[nH]c(C3CC3)n2)c1. The minimum atomic E-state index is -1.03. The molecule has 2 aromatic heterocycles. The van der Waals surface area contributed by atoms with Gasteiger partial charge in [-0.1, -0.05) is 0 Å². The zero-order valence-corrected chi connectivity index (χ0v) is 11.0. The van der Waals surface area contributed by atoms with E-state index in [1.807, 2.05) is 0 Å². The smallest absolute Gasteiger partial charge is 0.335 e. The number of carbonyl (C=O) groups is 2. The lowest BCUT2D eigenvalue weighted by Gasteiger charge is -2.03. The highest BCUT2D eigenvalue weighted by Gasteiger charge is 2.28. The number of aromatic amines is 1. The van der Waals surface area contributed by atoms with Gasteiger partial charge < -0.3 is 10.4 Å². The Kier molecular flexibility index (Phi) is 3.35. The number of hydrogen-bond donors (Lipinski definition) is 3. The number of pyridine rings is 1. The van der Waals surface area contributed by atoms with E-state index in [0.29, 0.717) is 11.6 Å². The summed E-state index contributed by atoms with van der Waals surface area (Å²) < 4.78 is 0. The first-order chi connectivity index (χ1) is 10.1. The molecule has 1 fully saturated rings. The molecule has 3 rings (SSSR count). The fourth-order valence-corrected chi connectivity index (χ4v) is 1.87. The van der Waals surface area contributed by atoms with Gasteiger partial charge in [0.2, 0.25) is 5.82 Å². The van der Waals surface area contributed by atoms with Crippen LogP contribution in [0.25, 0.3) is 0 Å². The first-order valence-electron chi connectivity index (χ1n) is 6.52. The van der Waals surface area contributed by atoms with Crippen molar-refractivity contribution in [3.63, 3.8) is 0 Å². The number of carbonyl (C=O) groups excluding carboxylic acids is 1. The number of rotatable bonds is 5. The summed E-state index contributed by atoms with van der Waals surface area (Å²) in [6.07, 6.45) is 3.53. The van der Waals surface area contributed by atoms with Crippen LogP contribution in [0.5, 0.6) is 0 Å². The van der Waals surface area contributed by atoms with Crippen LogP contribution in [0.1, 0.15) is 51.3 Å². The Hall–Kier alpha value is -2.77. The molecule has 1 aliphatic rings. The van der Waals surface area contributed by atoms with E-state index in [1.165, 1.54) is 18.3 Å². The van der Waals surface area contributed by atoms with Gasteiger partial charge in [-0.2, -0.15) is 0 Å². The molecule has 108 valence electrons. The molecule has 0 saturated heterocycles. The van der Waals surface area contributed by atoms with Crippen molar-refractivity contribution < 1.29 is 14.7 Å². The van der Waals surface area contributed by atoms with Crippen molar-refractivity contribution in [3.8, 4) is 0 Å². The number of H-pyrrole nitrogens is 1. The lowest BCUT2D eigenvalue weighted by Crippen LogP contribution is -2.24. The highest BCUT2D eigenvalue weighted by atomic mass is 16.4. The molecule has 1 amide bonds. The van der Waals surface area contributed by atoms with Gasteiger partial charge in [0.05, 0.1) is 17.8 Å². The second-order valence-electron chi connectivity index (χ2n) is 4.84. The van der Waals surface area contributed by atoms with Gasteiger partial charge in [-0.25, -0.2) is 9.78 Å². The summed E-state index contributed by atoms with van der Waals surface area (Å²) in [6, 6.07) is 2.81. The summed E-state index contributed by atoms with van der Waals surface area (Å²) in [5.74, 6) is -0.223. The molecule has 1 aliphatic carbocycles. The van der Waals surface area contributed by atoms with Crippen molar-refractivity contribution in [2.45, 2.75) is 25.3 Å². The molecule has 1 saturated carbocycles. The zero-order valence-electron chi connectivity index (χ0n) is 11.0. The third-order valence-corrected chi connectivity index (χ3v) is 3.16. The van der Waals surface area contributed by atoms with Crippen LogP contribution >= 0.6 is 0 Å². The van der Waals surface area contributed by atoms with E-state index < -0.39 is 11.9 Å².